The van der Waals surface area contributed by atoms with Gasteiger partial charge in [-0.3, -0.25) is 0 Å². The second-order valence-electron chi connectivity index (χ2n) is 4.73. The Balaban J connectivity index is 2.36. The van der Waals surface area contributed by atoms with Gasteiger partial charge in [-0.15, -0.1) is 22.9 Å². The number of alkyl halides is 1. The lowest BCUT2D eigenvalue weighted by Crippen LogP contribution is -2.16. The summed E-state index contributed by atoms with van der Waals surface area (Å²) in [4.78, 5) is 1.49. The third kappa shape index (κ3) is 4.47. The van der Waals surface area contributed by atoms with Crippen LogP contribution < -0.4 is 0 Å². The maximum absolute atomic E-state index is 6.03. The van der Waals surface area contributed by atoms with E-state index in [4.69, 9.17) is 11.6 Å². The fourth-order valence-corrected chi connectivity index (χ4v) is 2.91. The van der Waals surface area contributed by atoms with Gasteiger partial charge in [-0.05, 0) is 43.0 Å². The van der Waals surface area contributed by atoms with Crippen LogP contribution in [-0.4, -0.2) is 5.38 Å². The predicted molar refractivity (Wildman–Crippen MR) is 66.4 cm³/mol. The average molecular weight is 231 g/mol. The summed E-state index contributed by atoms with van der Waals surface area (Å²) in [6.07, 6.45) is 3.51. The zero-order valence-corrected chi connectivity index (χ0v) is 10.8. The van der Waals surface area contributed by atoms with Crippen LogP contribution in [0.2, 0.25) is 0 Å². The molecule has 0 radical (unpaired) electrons. The van der Waals surface area contributed by atoms with Crippen molar-refractivity contribution in [3.8, 4) is 0 Å². The predicted octanol–water partition coefficient (Wildman–Crippen LogP) is 4.72. The summed E-state index contributed by atoms with van der Waals surface area (Å²) in [6.45, 7) is 6.69. The fourth-order valence-electron chi connectivity index (χ4n) is 1.78. The van der Waals surface area contributed by atoms with Gasteiger partial charge >= 0.3 is 0 Å². The van der Waals surface area contributed by atoms with E-state index in [-0.39, 0.29) is 5.38 Å². The summed E-state index contributed by atoms with van der Waals surface area (Å²) in [5.74, 6) is 0. The van der Waals surface area contributed by atoms with Crippen molar-refractivity contribution in [3.05, 3.63) is 22.4 Å². The molecule has 0 fully saturated rings. The van der Waals surface area contributed by atoms with Crippen molar-refractivity contribution in [2.24, 2.45) is 5.41 Å². The molecule has 80 valence electrons. The van der Waals surface area contributed by atoms with Crippen LogP contribution in [0.15, 0.2) is 17.5 Å². The lowest BCUT2D eigenvalue weighted by atomic mass is 9.83. The molecule has 0 amide bonds. The van der Waals surface area contributed by atoms with E-state index in [2.05, 4.69) is 38.3 Å². The molecule has 1 aromatic heterocycles. The normalized spacial score (nSPS) is 14.3. The van der Waals surface area contributed by atoms with Crippen molar-refractivity contribution in [1.29, 1.82) is 0 Å². The van der Waals surface area contributed by atoms with Crippen LogP contribution in [0.25, 0.3) is 0 Å². The van der Waals surface area contributed by atoms with E-state index in [1.54, 1.807) is 0 Å². The molecular weight excluding hydrogens is 212 g/mol. The molecule has 0 N–H and O–H groups in total. The largest absolute Gasteiger partial charge is 0.149 e. The Kier molecular flexibility index (Phi) is 4.46. The zero-order valence-electron chi connectivity index (χ0n) is 9.22. The standard InChI is InChI=1S/C12H19ClS/c1-10(13)9-12(2,3)7-6-11-5-4-8-14-11/h4-5,8,10H,6-7,9H2,1-3H3. The van der Waals surface area contributed by atoms with Gasteiger partial charge in [0.25, 0.3) is 0 Å². The van der Waals surface area contributed by atoms with Gasteiger partial charge in [0.05, 0.1) is 0 Å². The molecule has 0 aliphatic heterocycles. The van der Waals surface area contributed by atoms with Gasteiger partial charge in [-0.2, -0.15) is 0 Å². The molecule has 1 aromatic rings. The Morgan fingerprint density at radius 2 is 2.21 bits per heavy atom. The molecule has 0 spiro atoms. The number of hydrogen-bond donors (Lipinski definition) is 0. The highest BCUT2D eigenvalue weighted by Crippen LogP contribution is 2.30. The van der Waals surface area contributed by atoms with Gasteiger partial charge in [0.15, 0.2) is 0 Å². The summed E-state index contributed by atoms with van der Waals surface area (Å²) in [6, 6.07) is 4.34. The highest BCUT2D eigenvalue weighted by Gasteiger charge is 2.19. The first-order valence-electron chi connectivity index (χ1n) is 5.16. The van der Waals surface area contributed by atoms with Crippen molar-refractivity contribution in [2.45, 2.75) is 45.4 Å². The molecule has 1 heterocycles. The highest BCUT2D eigenvalue weighted by molar-refractivity contribution is 7.09. The maximum atomic E-state index is 6.03. The van der Waals surface area contributed by atoms with Gasteiger partial charge < -0.3 is 0 Å². The molecule has 0 aliphatic carbocycles. The van der Waals surface area contributed by atoms with E-state index in [1.807, 2.05) is 11.3 Å². The Morgan fingerprint density at radius 1 is 1.50 bits per heavy atom. The van der Waals surface area contributed by atoms with Crippen molar-refractivity contribution >= 4 is 22.9 Å². The highest BCUT2D eigenvalue weighted by atomic mass is 35.5. The molecule has 0 bridgehead atoms. The third-order valence-electron chi connectivity index (χ3n) is 2.46. The number of rotatable bonds is 5. The van der Waals surface area contributed by atoms with Crippen LogP contribution in [-0.2, 0) is 6.42 Å². The molecule has 1 atom stereocenters. The number of halogens is 1. The minimum Gasteiger partial charge on any atom is -0.149 e. The Labute approximate surface area is 96.3 Å². The molecule has 0 saturated heterocycles. The number of thiophene rings is 1. The molecule has 0 aliphatic rings. The Bertz CT molecular complexity index is 249. The van der Waals surface area contributed by atoms with E-state index in [0.717, 1.165) is 6.42 Å². The van der Waals surface area contributed by atoms with E-state index in [1.165, 1.54) is 17.7 Å². The van der Waals surface area contributed by atoms with Crippen LogP contribution in [0.5, 0.6) is 0 Å². The van der Waals surface area contributed by atoms with Crippen molar-refractivity contribution in [2.75, 3.05) is 0 Å². The third-order valence-corrected chi connectivity index (χ3v) is 3.55. The van der Waals surface area contributed by atoms with Gasteiger partial charge in [-0.1, -0.05) is 19.9 Å². The van der Waals surface area contributed by atoms with Gasteiger partial charge in [-0.25, -0.2) is 0 Å². The van der Waals surface area contributed by atoms with Crippen molar-refractivity contribution in [3.63, 3.8) is 0 Å². The molecule has 2 heteroatoms. The summed E-state index contributed by atoms with van der Waals surface area (Å²) >= 11 is 7.88. The molecule has 1 unspecified atom stereocenters. The van der Waals surface area contributed by atoms with Crippen molar-refractivity contribution in [1.82, 2.24) is 0 Å². The summed E-state index contributed by atoms with van der Waals surface area (Å²) in [7, 11) is 0. The lowest BCUT2D eigenvalue weighted by Gasteiger charge is -2.25. The molecule has 0 nitrogen and oxygen atoms in total. The molecule has 1 rings (SSSR count). The van der Waals surface area contributed by atoms with Gasteiger partial charge in [0, 0.05) is 10.3 Å². The first-order chi connectivity index (χ1) is 6.49. The van der Waals surface area contributed by atoms with Crippen LogP contribution in [0.3, 0.4) is 0 Å². The fraction of sp³-hybridized carbons (Fsp3) is 0.667. The smallest absolute Gasteiger partial charge is 0.0312 e. The quantitative estimate of drug-likeness (QED) is 0.642. The molecule has 0 saturated carbocycles. The average Bonchev–Trinajstić information content (AvgIpc) is 2.50. The summed E-state index contributed by atoms with van der Waals surface area (Å²) in [5.41, 5.74) is 0.366. The summed E-state index contributed by atoms with van der Waals surface area (Å²) in [5, 5.41) is 2.43. The van der Waals surface area contributed by atoms with Gasteiger partial charge in [0.1, 0.15) is 0 Å². The monoisotopic (exact) mass is 230 g/mol. The second-order valence-corrected chi connectivity index (χ2v) is 6.51. The topological polar surface area (TPSA) is 0 Å². The lowest BCUT2D eigenvalue weighted by molar-refractivity contribution is 0.308. The molecule has 14 heavy (non-hydrogen) atoms. The first kappa shape index (κ1) is 12.1. The SMILES string of the molecule is CC(Cl)CC(C)(C)CCc1cccs1. The second kappa shape index (κ2) is 5.18. The van der Waals surface area contributed by atoms with E-state index >= 15 is 0 Å². The van der Waals surface area contributed by atoms with Crippen LogP contribution >= 0.6 is 22.9 Å². The van der Waals surface area contributed by atoms with E-state index < -0.39 is 0 Å². The van der Waals surface area contributed by atoms with Crippen LogP contribution in [0, 0.1) is 5.41 Å². The van der Waals surface area contributed by atoms with Gasteiger partial charge in [0.2, 0.25) is 0 Å². The maximum Gasteiger partial charge on any atom is 0.0312 e. The first-order valence-corrected chi connectivity index (χ1v) is 6.48. The zero-order chi connectivity index (χ0) is 10.6. The van der Waals surface area contributed by atoms with Crippen LogP contribution in [0.1, 0.15) is 38.5 Å². The van der Waals surface area contributed by atoms with E-state index in [9.17, 15) is 0 Å². The minimum absolute atomic E-state index is 0.285. The van der Waals surface area contributed by atoms with E-state index in [0.29, 0.717) is 5.41 Å². The van der Waals surface area contributed by atoms with Crippen LogP contribution in [0.4, 0.5) is 0 Å². The summed E-state index contributed by atoms with van der Waals surface area (Å²) < 4.78 is 0. The minimum atomic E-state index is 0.285. The molecule has 0 aromatic carbocycles. The van der Waals surface area contributed by atoms with Crippen molar-refractivity contribution < 1.29 is 0 Å². The Morgan fingerprint density at radius 3 is 2.71 bits per heavy atom. The number of aryl methyl sites for hydroxylation is 1. The molecular formula is C12H19ClS. The Hall–Kier alpha value is -0.0100. The number of hydrogen-bond acceptors (Lipinski definition) is 1.